The van der Waals surface area contributed by atoms with Crippen molar-refractivity contribution >= 4 is 41.5 Å². The number of nitrogens with one attached hydrogen (secondary N) is 1. The van der Waals surface area contributed by atoms with Crippen LogP contribution in [0.15, 0.2) is 18.2 Å². The standard InChI is InChI=1S/C14H18Cl2N2O2.ClH/c1-18(11-4-6-17-9-11)14(19)5-7-20-13-3-2-10(15)8-12(13)16;/h2-3,8,11,17H,4-7,9H2,1H3;1H. The maximum Gasteiger partial charge on any atom is 0.226 e. The normalized spacial score (nSPS) is 17.2. The first-order chi connectivity index (χ1) is 9.58. The average molecular weight is 354 g/mol. The van der Waals surface area contributed by atoms with E-state index in [9.17, 15) is 4.79 Å². The van der Waals surface area contributed by atoms with Crippen molar-refractivity contribution in [1.82, 2.24) is 10.2 Å². The van der Waals surface area contributed by atoms with E-state index >= 15 is 0 Å². The lowest BCUT2D eigenvalue weighted by Gasteiger charge is -2.23. The Labute approximate surface area is 141 Å². The zero-order valence-electron chi connectivity index (χ0n) is 11.8. The lowest BCUT2D eigenvalue weighted by atomic mass is 10.2. The molecule has 0 radical (unpaired) electrons. The molecule has 1 aromatic carbocycles. The van der Waals surface area contributed by atoms with E-state index in [2.05, 4.69) is 5.32 Å². The smallest absolute Gasteiger partial charge is 0.226 e. The molecule has 21 heavy (non-hydrogen) atoms. The summed E-state index contributed by atoms with van der Waals surface area (Å²) in [6.07, 6.45) is 1.35. The molecule has 0 aromatic heterocycles. The maximum absolute atomic E-state index is 12.0. The van der Waals surface area contributed by atoms with Crippen LogP contribution >= 0.6 is 35.6 Å². The van der Waals surface area contributed by atoms with Crippen molar-refractivity contribution in [1.29, 1.82) is 0 Å². The predicted octanol–water partition coefficient (Wildman–Crippen LogP) is 3.00. The first kappa shape index (κ1) is 18.4. The van der Waals surface area contributed by atoms with Gasteiger partial charge < -0.3 is 15.0 Å². The number of carbonyl (C=O) groups excluding carboxylic acids is 1. The molecule has 0 aliphatic carbocycles. The predicted molar refractivity (Wildman–Crippen MR) is 87.9 cm³/mol. The SMILES string of the molecule is CN(C(=O)CCOc1ccc(Cl)cc1Cl)C1CCNC1.Cl. The molecule has 0 saturated carbocycles. The molecule has 1 saturated heterocycles. The van der Waals surface area contributed by atoms with Crippen LogP contribution < -0.4 is 10.1 Å². The van der Waals surface area contributed by atoms with Crippen LogP contribution in [0.2, 0.25) is 10.0 Å². The average Bonchev–Trinajstić information content (AvgIpc) is 2.94. The second kappa shape index (κ2) is 8.69. The van der Waals surface area contributed by atoms with Gasteiger partial charge in [0.05, 0.1) is 18.1 Å². The van der Waals surface area contributed by atoms with Crippen LogP contribution in [-0.4, -0.2) is 43.6 Å². The van der Waals surface area contributed by atoms with Gasteiger partial charge in [-0.25, -0.2) is 0 Å². The Bertz CT molecular complexity index is 479. The molecule has 4 nitrogen and oxygen atoms in total. The second-order valence-corrected chi connectivity index (χ2v) is 5.67. The Balaban J connectivity index is 0.00000220. The molecule has 1 amide bonds. The minimum atomic E-state index is 0. The zero-order valence-corrected chi connectivity index (χ0v) is 14.1. The molecule has 1 unspecified atom stereocenters. The summed E-state index contributed by atoms with van der Waals surface area (Å²) in [5.41, 5.74) is 0. The Hall–Kier alpha value is -0.680. The number of rotatable bonds is 5. The quantitative estimate of drug-likeness (QED) is 0.885. The van der Waals surface area contributed by atoms with E-state index in [-0.39, 0.29) is 18.3 Å². The number of carbonyl (C=O) groups is 1. The van der Waals surface area contributed by atoms with E-state index in [1.165, 1.54) is 0 Å². The van der Waals surface area contributed by atoms with Gasteiger partial charge in [0.2, 0.25) is 5.91 Å². The molecule has 2 rings (SSSR count). The van der Waals surface area contributed by atoms with E-state index in [0.29, 0.717) is 34.9 Å². The van der Waals surface area contributed by atoms with Gasteiger partial charge in [-0.3, -0.25) is 4.79 Å². The summed E-state index contributed by atoms with van der Waals surface area (Å²) in [5, 5.41) is 4.27. The largest absolute Gasteiger partial charge is 0.491 e. The summed E-state index contributed by atoms with van der Waals surface area (Å²) in [5.74, 6) is 0.637. The fourth-order valence-electron chi connectivity index (χ4n) is 2.19. The van der Waals surface area contributed by atoms with Crippen LogP contribution in [0.4, 0.5) is 0 Å². The van der Waals surface area contributed by atoms with Crippen molar-refractivity contribution in [3.63, 3.8) is 0 Å². The highest BCUT2D eigenvalue weighted by atomic mass is 35.5. The molecule has 1 heterocycles. The summed E-state index contributed by atoms with van der Waals surface area (Å²) >= 11 is 11.8. The number of hydrogen-bond donors (Lipinski definition) is 1. The van der Waals surface area contributed by atoms with E-state index in [1.807, 2.05) is 7.05 Å². The minimum Gasteiger partial charge on any atom is -0.491 e. The number of likely N-dealkylation sites (N-methyl/N-ethyl adjacent to an activating group) is 1. The van der Waals surface area contributed by atoms with Crippen molar-refractivity contribution in [3.8, 4) is 5.75 Å². The first-order valence-corrected chi connectivity index (χ1v) is 7.38. The lowest BCUT2D eigenvalue weighted by Crippen LogP contribution is -2.38. The van der Waals surface area contributed by atoms with Crippen molar-refractivity contribution < 1.29 is 9.53 Å². The van der Waals surface area contributed by atoms with Gasteiger partial charge in [-0.1, -0.05) is 23.2 Å². The van der Waals surface area contributed by atoms with Crippen LogP contribution in [0.25, 0.3) is 0 Å². The van der Waals surface area contributed by atoms with Gasteiger partial charge in [0, 0.05) is 24.7 Å². The third kappa shape index (κ3) is 5.22. The Morgan fingerprint density at radius 3 is 2.86 bits per heavy atom. The molecule has 1 fully saturated rings. The molecule has 0 spiro atoms. The number of benzene rings is 1. The third-order valence-corrected chi connectivity index (χ3v) is 3.97. The number of nitrogens with zero attached hydrogens (tertiary/aromatic N) is 1. The van der Waals surface area contributed by atoms with Gasteiger partial charge in [-0.2, -0.15) is 0 Å². The fraction of sp³-hybridized carbons (Fsp3) is 0.500. The third-order valence-electron chi connectivity index (χ3n) is 3.44. The minimum absolute atomic E-state index is 0. The molecule has 1 N–H and O–H groups in total. The van der Waals surface area contributed by atoms with Crippen LogP contribution in [0, 0.1) is 0 Å². The Morgan fingerprint density at radius 2 is 2.24 bits per heavy atom. The summed E-state index contributed by atoms with van der Waals surface area (Å²) in [6.45, 7) is 2.15. The van der Waals surface area contributed by atoms with Gasteiger partial charge in [-0.15, -0.1) is 12.4 Å². The van der Waals surface area contributed by atoms with Gasteiger partial charge in [-0.05, 0) is 31.2 Å². The first-order valence-electron chi connectivity index (χ1n) is 6.62. The Morgan fingerprint density at radius 1 is 1.48 bits per heavy atom. The van der Waals surface area contributed by atoms with Crippen LogP contribution in [0.5, 0.6) is 5.75 Å². The van der Waals surface area contributed by atoms with E-state index < -0.39 is 0 Å². The van der Waals surface area contributed by atoms with Crippen LogP contribution in [-0.2, 0) is 4.79 Å². The van der Waals surface area contributed by atoms with E-state index in [1.54, 1.807) is 23.1 Å². The highest BCUT2D eigenvalue weighted by Gasteiger charge is 2.22. The van der Waals surface area contributed by atoms with Crippen molar-refractivity contribution in [2.45, 2.75) is 18.9 Å². The molecule has 1 atom stereocenters. The van der Waals surface area contributed by atoms with Crippen LogP contribution in [0.3, 0.4) is 0 Å². The van der Waals surface area contributed by atoms with Crippen LogP contribution in [0.1, 0.15) is 12.8 Å². The van der Waals surface area contributed by atoms with E-state index in [0.717, 1.165) is 19.5 Å². The molecular formula is C14H19Cl3N2O2. The molecule has 0 bridgehead atoms. The molecular weight excluding hydrogens is 335 g/mol. The summed E-state index contributed by atoms with van der Waals surface area (Å²) in [6, 6.07) is 5.33. The number of amides is 1. The summed E-state index contributed by atoms with van der Waals surface area (Å²) < 4.78 is 5.52. The number of ether oxygens (including phenoxy) is 1. The maximum atomic E-state index is 12.0. The molecule has 1 aromatic rings. The second-order valence-electron chi connectivity index (χ2n) is 4.82. The van der Waals surface area contributed by atoms with Gasteiger partial charge in [0.25, 0.3) is 0 Å². The molecule has 118 valence electrons. The topological polar surface area (TPSA) is 41.6 Å². The summed E-state index contributed by atoms with van der Waals surface area (Å²) in [4.78, 5) is 13.8. The van der Waals surface area contributed by atoms with Gasteiger partial charge in [0.1, 0.15) is 5.75 Å². The number of hydrogen-bond acceptors (Lipinski definition) is 3. The summed E-state index contributed by atoms with van der Waals surface area (Å²) in [7, 11) is 1.84. The van der Waals surface area contributed by atoms with E-state index in [4.69, 9.17) is 27.9 Å². The molecule has 1 aliphatic heterocycles. The number of halogens is 3. The fourth-order valence-corrected chi connectivity index (χ4v) is 2.65. The molecule has 1 aliphatic rings. The van der Waals surface area contributed by atoms with Crippen molar-refractivity contribution in [2.75, 3.05) is 26.7 Å². The molecule has 7 heteroatoms. The monoisotopic (exact) mass is 352 g/mol. The van der Waals surface area contributed by atoms with Crippen molar-refractivity contribution in [2.24, 2.45) is 0 Å². The van der Waals surface area contributed by atoms with Gasteiger partial charge >= 0.3 is 0 Å². The van der Waals surface area contributed by atoms with Gasteiger partial charge in [0.15, 0.2) is 0 Å². The zero-order chi connectivity index (χ0) is 14.5. The van der Waals surface area contributed by atoms with Crippen molar-refractivity contribution in [3.05, 3.63) is 28.2 Å². The Kier molecular flexibility index (Phi) is 7.60. The highest BCUT2D eigenvalue weighted by Crippen LogP contribution is 2.27. The lowest BCUT2D eigenvalue weighted by molar-refractivity contribution is -0.132. The highest BCUT2D eigenvalue weighted by molar-refractivity contribution is 6.35.